The molecule has 0 spiro atoms. The number of halogens is 2. The van der Waals surface area contributed by atoms with Gasteiger partial charge in [-0.3, -0.25) is 9.80 Å². The number of aromatic amines is 1. The highest BCUT2D eigenvalue weighted by molar-refractivity contribution is 5.29. The van der Waals surface area contributed by atoms with Gasteiger partial charge in [0.1, 0.15) is 11.6 Å². The van der Waals surface area contributed by atoms with Gasteiger partial charge >= 0.3 is 0 Å². The average Bonchev–Trinajstić information content (AvgIpc) is 3.21. The first-order valence-electron chi connectivity index (χ1n) is 9.53. The number of imidazole rings is 1. The second-order valence-electron chi connectivity index (χ2n) is 8.07. The number of hydrogen-bond acceptors (Lipinski definition) is 3. The lowest BCUT2D eigenvalue weighted by Crippen LogP contribution is -2.60. The highest BCUT2D eigenvalue weighted by Crippen LogP contribution is 2.47. The molecule has 4 saturated heterocycles. The minimum atomic E-state index is -0.478. The van der Waals surface area contributed by atoms with E-state index in [4.69, 9.17) is 0 Å². The molecule has 1 N–H and O–H groups in total. The Kier molecular flexibility index (Phi) is 3.87. The van der Waals surface area contributed by atoms with E-state index in [0.717, 1.165) is 49.2 Å². The quantitative estimate of drug-likeness (QED) is 0.916. The summed E-state index contributed by atoms with van der Waals surface area (Å²) in [5.41, 5.74) is 2.97. The topological polar surface area (TPSA) is 35.2 Å². The van der Waals surface area contributed by atoms with Crippen molar-refractivity contribution in [2.24, 2.45) is 5.92 Å². The van der Waals surface area contributed by atoms with Crippen LogP contribution in [-0.2, 0) is 6.54 Å². The van der Waals surface area contributed by atoms with Gasteiger partial charge in [-0.05, 0) is 56.5 Å². The normalized spacial score (nSPS) is 33.6. The average molecular weight is 358 g/mol. The van der Waals surface area contributed by atoms with Crippen LogP contribution in [0.3, 0.4) is 0 Å². The number of fused-ring (bicyclic) bond motifs is 2. The zero-order valence-electron chi connectivity index (χ0n) is 15.0. The third kappa shape index (κ3) is 2.58. The van der Waals surface area contributed by atoms with Gasteiger partial charge in [-0.25, -0.2) is 13.8 Å². The van der Waals surface area contributed by atoms with Crippen molar-refractivity contribution >= 4 is 0 Å². The minimum Gasteiger partial charge on any atom is -0.348 e. The summed E-state index contributed by atoms with van der Waals surface area (Å²) in [4.78, 5) is 12.7. The van der Waals surface area contributed by atoms with Crippen LogP contribution in [0.15, 0.2) is 24.5 Å². The van der Waals surface area contributed by atoms with Crippen LogP contribution in [0.5, 0.6) is 0 Å². The lowest BCUT2D eigenvalue weighted by atomic mass is 9.75. The maximum atomic E-state index is 13.9. The Bertz CT molecular complexity index is 792. The van der Waals surface area contributed by atoms with E-state index >= 15 is 0 Å². The Morgan fingerprint density at radius 1 is 1.12 bits per heavy atom. The van der Waals surface area contributed by atoms with Gasteiger partial charge in [0.2, 0.25) is 0 Å². The summed E-state index contributed by atoms with van der Waals surface area (Å²) >= 11 is 0. The number of aromatic nitrogens is 2. The molecule has 2 bridgehead atoms. The molecule has 6 rings (SSSR count). The molecule has 1 aromatic carbocycles. The van der Waals surface area contributed by atoms with Gasteiger partial charge in [-0.15, -0.1) is 0 Å². The maximum absolute atomic E-state index is 13.9. The first kappa shape index (κ1) is 16.4. The van der Waals surface area contributed by atoms with Gasteiger partial charge in [0.15, 0.2) is 0 Å². The van der Waals surface area contributed by atoms with Gasteiger partial charge in [0, 0.05) is 42.9 Å². The van der Waals surface area contributed by atoms with Gasteiger partial charge in [-0.1, -0.05) is 0 Å². The Labute approximate surface area is 152 Å². The van der Waals surface area contributed by atoms with Crippen molar-refractivity contribution in [2.45, 2.75) is 44.3 Å². The Morgan fingerprint density at radius 3 is 2.50 bits per heavy atom. The smallest absolute Gasteiger partial charge is 0.126 e. The predicted molar refractivity (Wildman–Crippen MR) is 94.7 cm³/mol. The van der Waals surface area contributed by atoms with Crippen LogP contribution < -0.4 is 0 Å². The van der Waals surface area contributed by atoms with Crippen molar-refractivity contribution in [1.82, 2.24) is 19.8 Å². The van der Waals surface area contributed by atoms with Crippen molar-refractivity contribution < 1.29 is 8.78 Å². The number of likely N-dealkylation sites (tertiary alicyclic amines) is 1. The molecular weight excluding hydrogens is 334 g/mol. The Morgan fingerprint density at radius 2 is 1.85 bits per heavy atom. The fourth-order valence-electron chi connectivity index (χ4n) is 5.54. The van der Waals surface area contributed by atoms with Crippen LogP contribution in [0.25, 0.3) is 0 Å². The fraction of sp³-hybridized carbons (Fsp3) is 0.550. The van der Waals surface area contributed by atoms with Gasteiger partial charge in [-0.2, -0.15) is 0 Å². The number of hydrogen-bond donors (Lipinski definition) is 1. The molecule has 4 aliphatic heterocycles. The SMILES string of the molecule is Cc1[nH]cnc1CN1C[C@@H](c2cc(F)cc(F)c2)[C@@H]2[C@H]1C1CCN2CC1. The maximum Gasteiger partial charge on any atom is 0.126 e. The molecule has 4 aliphatic rings. The van der Waals surface area contributed by atoms with Crippen molar-refractivity contribution in [3.63, 3.8) is 0 Å². The number of aryl methyl sites for hydroxylation is 1. The summed E-state index contributed by atoms with van der Waals surface area (Å²) in [5.74, 6) is -0.136. The predicted octanol–water partition coefficient (Wildman–Crippen LogP) is 3.06. The standard InChI is InChI=1S/C20H24F2N4/c1-12-18(24-11-23-12)10-26-9-17(14-6-15(21)8-16(22)7-14)20-19(26)13-2-4-25(20)5-3-13/h6-8,11,13,17,19-20H,2-5,9-10H2,1H3,(H,23,24)/t17-,19+,20+/m0/s1. The Balaban J connectivity index is 1.51. The zero-order chi connectivity index (χ0) is 17.8. The van der Waals surface area contributed by atoms with Crippen LogP contribution in [0, 0.1) is 24.5 Å². The Hall–Kier alpha value is -1.79. The van der Waals surface area contributed by atoms with Crippen molar-refractivity contribution in [2.75, 3.05) is 19.6 Å². The van der Waals surface area contributed by atoms with Crippen molar-refractivity contribution in [1.29, 1.82) is 0 Å². The third-order valence-corrected chi connectivity index (χ3v) is 6.69. The van der Waals surface area contributed by atoms with E-state index < -0.39 is 11.6 Å². The highest BCUT2D eigenvalue weighted by Gasteiger charge is 2.53. The zero-order valence-corrected chi connectivity index (χ0v) is 15.0. The molecular formula is C20H24F2N4. The second-order valence-corrected chi connectivity index (χ2v) is 8.07. The van der Waals surface area contributed by atoms with E-state index in [1.165, 1.54) is 25.0 Å². The second kappa shape index (κ2) is 6.13. The van der Waals surface area contributed by atoms with E-state index in [1.54, 1.807) is 6.33 Å². The van der Waals surface area contributed by atoms with E-state index in [9.17, 15) is 8.78 Å². The molecule has 0 radical (unpaired) electrons. The fourth-order valence-corrected chi connectivity index (χ4v) is 5.54. The molecule has 2 aromatic rings. The van der Waals surface area contributed by atoms with Crippen LogP contribution in [0.2, 0.25) is 0 Å². The molecule has 0 amide bonds. The molecule has 5 heterocycles. The number of piperidine rings is 3. The van der Waals surface area contributed by atoms with E-state index in [1.807, 2.05) is 6.92 Å². The van der Waals surface area contributed by atoms with E-state index in [-0.39, 0.29) is 5.92 Å². The number of nitrogens with one attached hydrogen (secondary N) is 1. The third-order valence-electron chi connectivity index (χ3n) is 6.69. The summed E-state index contributed by atoms with van der Waals surface area (Å²) in [6, 6.07) is 4.82. The summed E-state index contributed by atoms with van der Waals surface area (Å²) in [5, 5.41) is 0. The van der Waals surface area contributed by atoms with Crippen molar-refractivity contribution in [3.05, 3.63) is 53.1 Å². The molecule has 0 aliphatic carbocycles. The molecule has 0 unspecified atom stereocenters. The van der Waals surface area contributed by atoms with Gasteiger partial charge in [0.05, 0.1) is 12.0 Å². The molecule has 138 valence electrons. The van der Waals surface area contributed by atoms with Crippen LogP contribution in [0.4, 0.5) is 8.78 Å². The molecule has 0 saturated carbocycles. The molecule has 1 aromatic heterocycles. The van der Waals surface area contributed by atoms with E-state index in [0.29, 0.717) is 18.0 Å². The minimum absolute atomic E-state index is 0.146. The number of nitrogens with zero attached hydrogens (tertiary/aromatic N) is 3. The largest absolute Gasteiger partial charge is 0.348 e. The highest BCUT2D eigenvalue weighted by atomic mass is 19.1. The molecule has 3 atom stereocenters. The molecule has 4 nitrogen and oxygen atoms in total. The lowest BCUT2D eigenvalue weighted by molar-refractivity contribution is -0.00902. The molecule has 6 heteroatoms. The first-order chi connectivity index (χ1) is 12.6. The van der Waals surface area contributed by atoms with Gasteiger partial charge in [0.25, 0.3) is 0 Å². The number of H-pyrrole nitrogens is 1. The monoisotopic (exact) mass is 358 g/mol. The summed E-state index contributed by atoms with van der Waals surface area (Å²) in [6.45, 7) is 5.89. The van der Waals surface area contributed by atoms with Crippen molar-refractivity contribution in [3.8, 4) is 0 Å². The molecule has 26 heavy (non-hydrogen) atoms. The summed E-state index contributed by atoms with van der Waals surface area (Å²) in [7, 11) is 0. The molecule has 4 fully saturated rings. The van der Waals surface area contributed by atoms with Crippen LogP contribution >= 0.6 is 0 Å². The van der Waals surface area contributed by atoms with Crippen LogP contribution in [-0.4, -0.2) is 51.5 Å². The van der Waals surface area contributed by atoms with Crippen LogP contribution in [0.1, 0.15) is 35.7 Å². The number of rotatable bonds is 3. The first-order valence-corrected chi connectivity index (χ1v) is 9.53. The summed E-state index contributed by atoms with van der Waals surface area (Å²) in [6.07, 6.45) is 4.19. The lowest BCUT2D eigenvalue weighted by Gasteiger charge is -2.51. The van der Waals surface area contributed by atoms with E-state index in [2.05, 4.69) is 19.8 Å². The number of benzene rings is 1. The van der Waals surface area contributed by atoms with Gasteiger partial charge < -0.3 is 4.98 Å². The summed E-state index contributed by atoms with van der Waals surface area (Å²) < 4.78 is 27.7.